The fourth-order valence-electron chi connectivity index (χ4n) is 2.78. The molecular weight excluding hydrogens is 270 g/mol. The van der Waals surface area contributed by atoms with Crippen LogP contribution in [0.2, 0.25) is 0 Å². The zero-order valence-electron chi connectivity index (χ0n) is 15.2. The van der Waals surface area contributed by atoms with Crippen LogP contribution in [0.5, 0.6) is 5.75 Å². The van der Waals surface area contributed by atoms with Gasteiger partial charge in [0.2, 0.25) is 0 Å². The fraction of sp³-hybridized carbons (Fsp3) is 0.700. The van der Waals surface area contributed by atoms with Crippen LogP contribution in [-0.4, -0.2) is 6.61 Å². The number of nitrogens with two attached hydrogens (primary N) is 1. The molecule has 0 aliphatic carbocycles. The molecule has 1 rings (SSSR count). The maximum Gasteiger partial charge on any atom is 0.126 e. The lowest BCUT2D eigenvalue weighted by Crippen LogP contribution is -2.07. The number of hydrogen-bond donors (Lipinski definition) is 1. The second-order valence-electron chi connectivity index (χ2n) is 6.95. The van der Waals surface area contributed by atoms with Crippen molar-refractivity contribution < 1.29 is 4.74 Å². The van der Waals surface area contributed by atoms with Gasteiger partial charge in [-0.05, 0) is 41.5 Å². The monoisotopic (exact) mass is 305 g/mol. The molecule has 2 heteroatoms. The third kappa shape index (κ3) is 5.90. The molecule has 2 nitrogen and oxygen atoms in total. The van der Waals surface area contributed by atoms with E-state index in [-0.39, 0.29) is 0 Å². The van der Waals surface area contributed by atoms with Crippen LogP contribution in [0.15, 0.2) is 12.1 Å². The zero-order valence-corrected chi connectivity index (χ0v) is 15.2. The Bertz CT molecular complexity index is 408. The molecule has 1 aromatic carbocycles. The molecule has 0 atom stereocenters. The first-order valence-corrected chi connectivity index (χ1v) is 9.03. The second-order valence-corrected chi connectivity index (χ2v) is 6.95. The minimum atomic E-state index is 0.431. The number of hydrogen-bond acceptors (Lipinski definition) is 2. The minimum Gasteiger partial charge on any atom is -0.493 e. The highest BCUT2D eigenvalue weighted by Crippen LogP contribution is 2.36. The average molecular weight is 306 g/mol. The Kier molecular flexibility index (Phi) is 8.37. The average Bonchev–Trinajstić information content (AvgIpc) is 2.46. The van der Waals surface area contributed by atoms with Crippen molar-refractivity contribution in [2.24, 2.45) is 0 Å². The maximum atomic E-state index is 6.20. The summed E-state index contributed by atoms with van der Waals surface area (Å²) in [6.45, 7) is 11.9. The number of anilines is 1. The first-order chi connectivity index (χ1) is 10.5. The summed E-state index contributed by atoms with van der Waals surface area (Å²) >= 11 is 0. The summed E-state index contributed by atoms with van der Waals surface area (Å²) < 4.78 is 6.20. The Labute approximate surface area is 137 Å². The molecule has 0 saturated carbocycles. The summed E-state index contributed by atoms with van der Waals surface area (Å²) in [5, 5.41) is 0. The Balaban J connectivity index is 2.67. The van der Waals surface area contributed by atoms with Crippen molar-refractivity contribution in [2.45, 2.75) is 85.0 Å². The summed E-state index contributed by atoms with van der Waals surface area (Å²) in [5.41, 5.74) is 9.41. The van der Waals surface area contributed by atoms with Gasteiger partial charge in [-0.25, -0.2) is 0 Å². The summed E-state index contributed by atoms with van der Waals surface area (Å²) in [5.74, 6) is 1.94. The van der Waals surface area contributed by atoms with E-state index in [0.717, 1.165) is 24.5 Å². The smallest absolute Gasteiger partial charge is 0.126 e. The first-order valence-electron chi connectivity index (χ1n) is 9.03. The van der Waals surface area contributed by atoms with Gasteiger partial charge in [-0.3, -0.25) is 0 Å². The molecule has 0 unspecified atom stereocenters. The van der Waals surface area contributed by atoms with E-state index in [4.69, 9.17) is 10.5 Å². The standard InChI is InChI=1S/C20H35NO/c1-6-7-8-9-10-11-12-22-20-18(15(2)3)13-17(21)14-19(20)16(4)5/h13-16H,6-12,21H2,1-5H3. The molecule has 0 aromatic heterocycles. The number of unbranched alkanes of at least 4 members (excludes halogenated alkanes) is 5. The van der Waals surface area contributed by atoms with Gasteiger partial charge in [-0.1, -0.05) is 66.7 Å². The molecule has 0 amide bonds. The number of rotatable bonds is 10. The van der Waals surface area contributed by atoms with Gasteiger partial charge in [-0.2, -0.15) is 0 Å². The van der Waals surface area contributed by atoms with Crippen LogP contribution in [0, 0.1) is 0 Å². The highest BCUT2D eigenvalue weighted by atomic mass is 16.5. The van der Waals surface area contributed by atoms with Crippen LogP contribution < -0.4 is 10.5 Å². The molecule has 0 spiro atoms. The predicted octanol–water partition coefficient (Wildman–Crippen LogP) is 6.25. The van der Waals surface area contributed by atoms with Crippen molar-refractivity contribution in [3.8, 4) is 5.75 Å². The molecule has 1 aromatic rings. The van der Waals surface area contributed by atoms with E-state index >= 15 is 0 Å². The van der Waals surface area contributed by atoms with Gasteiger partial charge in [0.15, 0.2) is 0 Å². The first kappa shape index (κ1) is 18.9. The number of benzene rings is 1. The van der Waals surface area contributed by atoms with Crippen molar-refractivity contribution >= 4 is 5.69 Å². The molecule has 126 valence electrons. The molecule has 0 bridgehead atoms. The molecule has 0 aliphatic rings. The summed E-state index contributed by atoms with van der Waals surface area (Å²) in [6, 6.07) is 4.15. The normalized spacial score (nSPS) is 11.4. The van der Waals surface area contributed by atoms with Gasteiger partial charge in [0.25, 0.3) is 0 Å². The van der Waals surface area contributed by atoms with Gasteiger partial charge >= 0.3 is 0 Å². The van der Waals surface area contributed by atoms with E-state index in [9.17, 15) is 0 Å². The summed E-state index contributed by atoms with van der Waals surface area (Å²) in [7, 11) is 0. The molecule has 0 heterocycles. The van der Waals surface area contributed by atoms with Crippen LogP contribution in [0.3, 0.4) is 0 Å². The number of ether oxygens (including phenoxy) is 1. The van der Waals surface area contributed by atoms with Crippen molar-refractivity contribution in [3.63, 3.8) is 0 Å². The SMILES string of the molecule is CCCCCCCCOc1c(C(C)C)cc(N)cc1C(C)C. The highest BCUT2D eigenvalue weighted by Gasteiger charge is 2.16. The lowest BCUT2D eigenvalue weighted by Gasteiger charge is -2.21. The third-order valence-corrected chi connectivity index (χ3v) is 4.16. The van der Waals surface area contributed by atoms with Gasteiger partial charge in [-0.15, -0.1) is 0 Å². The second kappa shape index (κ2) is 9.76. The van der Waals surface area contributed by atoms with Gasteiger partial charge in [0.05, 0.1) is 6.61 Å². The van der Waals surface area contributed by atoms with E-state index in [2.05, 4.69) is 46.8 Å². The van der Waals surface area contributed by atoms with Gasteiger partial charge in [0, 0.05) is 5.69 Å². The minimum absolute atomic E-state index is 0.431. The van der Waals surface area contributed by atoms with Crippen LogP contribution in [0.25, 0.3) is 0 Å². The van der Waals surface area contributed by atoms with E-state index < -0.39 is 0 Å². The van der Waals surface area contributed by atoms with E-state index in [1.807, 2.05) is 0 Å². The zero-order chi connectivity index (χ0) is 16.5. The predicted molar refractivity (Wildman–Crippen MR) is 97.9 cm³/mol. The molecule has 0 aliphatic heterocycles. The van der Waals surface area contributed by atoms with Crippen molar-refractivity contribution in [1.29, 1.82) is 0 Å². The summed E-state index contributed by atoms with van der Waals surface area (Å²) in [6.07, 6.45) is 7.75. The Morgan fingerprint density at radius 3 is 1.86 bits per heavy atom. The third-order valence-electron chi connectivity index (χ3n) is 4.16. The molecular formula is C20H35NO. The molecule has 22 heavy (non-hydrogen) atoms. The molecule has 0 saturated heterocycles. The lowest BCUT2D eigenvalue weighted by molar-refractivity contribution is 0.296. The molecule has 0 radical (unpaired) electrons. The van der Waals surface area contributed by atoms with Crippen molar-refractivity contribution in [3.05, 3.63) is 23.3 Å². The molecule has 2 N–H and O–H groups in total. The Morgan fingerprint density at radius 2 is 1.36 bits per heavy atom. The lowest BCUT2D eigenvalue weighted by atomic mass is 9.93. The van der Waals surface area contributed by atoms with Crippen LogP contribution >= 0.6 is 0 Å². The Hall–Kier alpha value is -1.18. The van der Waals surface area contributed by atoms with Crippen molar-refractivity contribution in [1.82, 2.24) is 0 Å². The van der Waals surface area contributed by atoms with Crippen molar-refractivity contribution in [2.75, 3.05) is 12.3 Å². The Morgan fingerprint density at radius 1 is 0.864 bits per heavy atom. The largest absolute Gasteiger partial charge is 0.493 e. The summed E-state index contributed by atoms with van der Waals surface area (Å²) in [4.78, 5) is 0. The van der Waals surface area contributed by atoms with Crippen LogP contribution in [0.1, 0.15) is 96.1 Å². The topological polar surface area (TPSA) is 35.2 Å². The van der Waals surface area contributed by atoms with E-state index in [1.165, 1.54) is 43.2 Å². The van der Waals surface area contributed by atoms with Crippen LogP contribution in [0.4, 0.5) is 5.69 Å². The molecule has 0 fully saturated rings. The van der Waals surface area contributed by atoms with E-state index in [0.29, 0.717) is 11.8 Å². The van der Waals surface area contributed by atoms with Crippen LogP contribution in [-0.2, 0) is 0 Å². The van der Waals surface area contributed by atoms with Gasteiger partial charge in [0.1, 0.15) is 5.75 Å². The maximum absolute atomic E-state index is 6.20. The number of nitrogen functional groups attached to an aromatic ring is 1. The highest BCUT2D eigenvalue weighted by molar-refractivity contribution is 5.55. The quantitative estimate of drug-likeness (QED) is 0.409. The van der Waals surface area contributed by atoms with Gasteiger partial charge < -0.3 is 10.5 Å². The fourth-order valence-corrected chi connectivity index (χ4v) is 2.78. The van der Waals surface area contributed by atoms with E-state index in [1.54, 1.807) is 0 Å².